The molecule has 17 heavy (non-hydrogen) atoms. The molecule has 2 N–H and O–H groups in total. The van der Waals surface area contributed by atoms with Crippen molar-refractivity contribution in [1.82, 2.24) is 4.98 Å². The van der Waals surface area contributed by atoms with Gasteiger partial charge in [-0.1, -0.05) is 23.2 Å². The number of hydrogen-bond acceptors (Lipinski definition) is 4. The summed E-state index contributed by atoms with van der Waals surface area (Å²) >= 11 is 12.8. The molecule has 2 rings (SSSR count). The van der Waals surface area contributed by atoms with Gasteiger partial charge in [-0.3, -0.25) is 0 Å². The topological polar surface area (TPSA) is 73.1 Å². The van der Waals surface area contributed by atoms with E-state index in [2.05, 4.69) is 4.98 Å². The molecule has 0 fully saturated rings. The molecule has 0 saturated carbocycles. The Kier molecular flexibility index (Phi) is 3.42. The van der Waals surface area contributed by atoms with Crippen LogP contribution in [0.4, 0.5) is 0 Å². The van der Waals surface area contributed by atoms with Gasteiger partial charge in [0, 0.05) is 10.6 Å². The highest BCUT2D eigenvalue weighted by molar-refractivity contribution is 7.91. The number of primary sulfonamides is 1. The van der Waals surface area contributed by atoms with Crippen LogP contribution in [0.2, 0.25) is 10.0 Å². The van der Waals surface area contributed by atoms with Gasteiger partial charge in [0.15, 0.2) is 4.21 Å². The van der Waals surface area contributed by atoms with E-state index in [1.165, 1.54) is 6.20 Å². The molecule has 0 aliphatic rings. The van der Waals surface area contributed by atoms with Crippen molar-refractivity contribution in [2.75, 3.05) is 0 Å². The van der Waals surface area contributed by atoms with Crippen molar-refractivity contribution in [1.29, 1.82) is 0 Å². The van der Waals surface area contributed by atoms with Crippen LogP contribution in [0.1, 0.15) is 0 Å². The second-order valence-electron chi connectivity index (χ2n) is 3.15. The van der Waals surface area contributed by atoms with E-state index in [1.54, 1.807) is 18.2 Å². The lowest BCUT2D eigenvalue weighted by Crippen LogP contribution is -2.09. The zero-order valence-corrected chi connectivity index (χ0v) is 11.4. The second-order valence-corrected chi connectivity index (χ2v) is 6.82. The first-order valence-electron chi connectivity index (χ1n) is 4.32. The Morgan fingerprint density at radius 1 is 1.29 bits per heavy atom. The average Bonchev–Trinajstić information content (AvgIpc) is 2.70. The maximum atomic E-state index is 11.1. The predicted molar refractivity (Wildman–Crippen MR) is 68.9 cm³/mol. The average molecular weight is 309 g/mol. The van der Waals surface area contributed by atoms with Crippen LogP contribution in [0, 0.1) is 0 Å². The fraction of sp³-hybridized carbons (Fsp3) is 0. The molecule has 1 heterocycles. The van der Waals surface area contributed by atoms with Gasteiger partial charge in [-0.2, -0.15) is 0 Å². The molecule has 0 atom stereocenters. The first kappa shape index (κ1) is 12.8. The molecule has 8 heteroatoms. The third-order valence-electron chi connectivity index (χ3n) is 1.92. The minimum Gasteiger partial charge on any atom is -0.243 e. The summed E-state index contributed by atoms with van der Waals surface area (Å²) in [6.07, 6.45) is 1.20. The van der Waals surface area contributed by atoms with Gasteiger partial charge in [-0.25, -0.2) is 18.5 Å². The third kappa shape index (κ3) is 2.78. The lowest BCUT2D eigenvalue weighted by atomic mass is 10.2. The third-order valence-corrected chi connectivity index (χ3v) is 4.93. The van der Waals surface area contributed by atoms with E-state index >= 15 is 0 Å². The summed E-state index contributed by atoms with van der Waals surface area (Å²) in [4.78, 5) is 3.97. The SMILES string of the molecule is NS(=O)(=O)c1cnc(-c2cc(Cl)ccc2Cl)s1. The van der Waals surface area contributed by atoms with E-state index in [0.717, 1.165) is 11.3 Å². The van der Waals surface area contributed by atoms with Crippen molar-refractivity contribution in [3.8, 4) is 10.6 Å². The fourth-order valence-corrected chi connectivity index (χ4v) is 3.19. The number of sulfonamides is 1. The molecule has 4 nitrogen and oxygen atoms in total. The van der Waals surface area contributed by atoms with E-state index in [4.69, 9.17) is 28.3 Å². The van der Waals surface area contributed by atoms with Crippen LogP contribution in [0.5, 0.6) is 0 Å². The van der Waals surface area contributed by atoms with Crippen molar-refractivity contribution in [2.24, 2.45) is 5.14 Å². The predicted octanol–water partition coefficient (Wildman–Crippen LogP) is 2.76. The van der Waals surface area contributed by atoms with Crippen LogP contribution < -0.4 is 5.14 Å². The van der Waals surface area contributed by atoms with Crippen molar-refractivity contribution in [3.05, 3.63) is 34.4 Å². The maximum Gasteiger partial charge on any atom is 0.249 e. The van der Waals surface area contributed by atoms with Crippen LogP contribution in [-0.2, 0) is 10.0 Å². The number of halogens is 2. The zero-order chi connectivity index (χ0) is 12.6. The summed E-state index contributed by atoms with van der Waals surface area (Å²) < 4.78 is 22.2. The van der Waals surface area contributed by atoms with Crippen molar-refractivity contribution < 1.29 is 8.42 Å². The van der Waals surface area contributed by atoms with Crippen LogP contribution in [0.25, 0.3) is 10.6 Å². The Hall–Kier alpha value is -0.660. The number of aromatic nitrogens is 1. The number of benzene rings is 1. The van der Waals surface area contributed by atoms with Gasteiger partial charge in [0.25, 0.3) is 0 Å². The number of hydrogen-bond donors (Lipinski definition) is 1. The van der Waals surface area contributed by atoms with Gasteiger partial charge < -0.3 is 0 Å². The van der Waals surface area contributed by atoms with E-state index in [1.807, 2.05) is 0 Å². The second kappa shape index (κ2) is 4.55. The molecule has 1 aromatic heterocycles. The summed E-state index contributed by atoms with van der Waals surface area (Å²) in [5, 5.41) is 6.41. The molecule has 90 valence electrons. The van der Waals surface area contributed by atoms with Gasteiger partial charge in [0.1, 0.15) is 5.01 Å². The normalized spacial score (nSPS) is 11.7. The van der Waals surface area contributed by atoms with E-state index in [0.29, 0.717) is 20.6 Å². The largest absolute Gasteiger partial charge is 0.249 e. The first-order chi connectivity index (χ1) is 7.88. The number of rotatable bonds is 2. The summed E-state index contributed by atoms with van der Waals surface area (Å²) in [5.41, 5.74) is 0.582. The van der Waals surface area contributed by atoms with Gasteiger partial charge in [0.05, 0.1) is 11.2 Å². The van der Waals surface area contributed by atoms with Gasteiger partial charge in [0.2, 0.25) is 10.0 Å². The van der Waals surface area contributed by atoms with Gasteiger partial charge in [-0.15, -0.1) is 11.3 Å². The molecule has 0 radical (unpaired) electrons. The van der Waals surface area contributed by atoms with Crippen LogP contribution in [0.15, 0.2) is 28.6 Å². The smallest absolute Gasteiger partial charge is 0.243 e. The zero-order valence-electron chi connectivity index (χ0n) is 8.22. The maximum absolute atomic E-state index is 11.1. The molecule has 0 spiro atoms. The molecular weight excluding hydrogens is 303 g/mol. The Balaban J connectivity index is 2.55. The molecule has 0 saturated heterocycles. The number of thiazole rings is 1. The fourth-order valence-electron chi connectivity index (χ4n) is 1.18. The Morgan fingerprint density at radius 2 is 2.00 bits per heavy atom. The monoisotopic (exact) mass is 308 g/mol. The summed E-state index contributed by atoms with van der Waals surface area (Å²) in [7, 11) is -3.73. The lowest BCUT2D eigenvalue weighted by molar-refractivity contribution is 0.599. The molecule has 0 aliphatic carbocycles. The summed E-state index contributed by atoms with van der Waals surface area (Å²) in [6.45, 7) is 0. The van der Waals surface area contributed by atoms with Gasteiger partial charge in [-0.05, 0) is 18.2 Å². The van der Waals surface area contributed by atoms with Crippen LogP contribution in [0.3, 0.4) is 0 Å². The van der Waals surface area contributed by atoms with Gasteiger partial charge >= 0.3 is 0 Å². The molecular formula is C9H6Cl2N2O2S2. The van der Waals surface area contributed by atoms with Crippen LogP contribution in [-0.4, -0.2) is 13.4 Å². The molecule has 1 aromatic carbocycles. The Labute approximate surface area is 112 Å². The molecule has 0 amide bonds. The highest BCUT2D eigenvalue weighted by atomic mass is 35.5. The van der Waals surface area contributed by atoms with Crippen molar-refractivity contribution in [2.45, 2.75) is 4.21 Å². The Bertz CT molecular complexity index is 667. The molecule has 0 aliphatic heterocycles. The van der Waals surface area contributed by atoms with E-state index in [9.17, 15) is 8.42 Å². The highest BCUT2D eigenvalue weighted by Gasteiger charge is 2.15. The quantitative estimate of drug-likeness (QED) is 0.927. The lowest BCUT2D eigenvalue weighted by Gasteiger charge is -2.00. The minimum atomic E-state index is -3.73. The van der Waals surface area contributed by atoms with E-state index < -0.39 is 10.0 Å². The first-order valence-corrected chi connectivity index (χ1v) is 7.44. The minimum absolute atomic E-state index is 0.0106. The van der Waals surface area contributed by atoms with E-state index in [-0.39, 0.29) is 4.21 Å². The number of nitrogens with two attached hydrogens (primary N) is 1. The molecule has 0 bridgehead atoms. The molecule has 2 aromatic rings. The molecule has 0 unspecified atom stereocenters. The highest BCUT2D eigenvalue weighted by Crippen LogP contribution is 2.34. The van der Waals surface area contributed by atoms with Crippen LogP contribution >= 0.6 is 34.5 Å². The van der Waals surface area contributed by atoms with Crippen molar-refractivity contribution >= 4 is 44.6 Å². The summed E-state index contributed by atoms with van der Waals surface area (Å²) in [5.74, 6) is 0. The number of nitrogens with zero attached hydrogens (tertiary/aromatic N) is 1. The summed E-state index contributed by atoms with van der Waals surface area (Å²) in [6, 6.07) is 4.88. The standard InChI is InChI=1S/C9H6Cl2N2O2S2/c10-5-1-2-7(11)6(3-5)9-13-4-8(16-9)17(12,14)15/h1-4H,(H2,12,14,15). The Morgan fingerprint density at radius 3 is 2.59 bits per heavy atom. The van der Waals surface area contributed by atoms with Crippen molar-refractivity contribution in [3.63, 3.8) is 0 Å².